The summed E-state index contributed by atoms with van der Waals surface area (Å²) in [6.45, 7) is 2.07. The Labute approximate surface area is 154 Å². The third-order valence-electron chi connectivity index (χ3n) is 4.80. The van der Waals surface area contributed by atoms with Crippen LogP contribution in [0.2, 0.25) is 0 Å². The molecule has 2 aliphatic rings. The average Bonchev–Trinajstić information content (AvgIpc) is 3.06. The number of halogens is 1. The van der Waals surface area contributed by atoms with E-state index in [9.17, 15) is 9.59 Å². The second-order valence-electron chi connectivity index (χ2n) is 6.40. The third kappa shape index (κ3) is 4.64. The van der Waals surface area contributed by atoms with Crippen LogP contribution in [0.25, 0.3) is 0 Å². The Morgan fingerprint density at radius 2 is 1.92 bits per heavy atom. The van der Waals surface area contributed by atoms with Gasteiger partial charge in [0.05, 0.1) is 0 Å². The highest BCUT2D eigenvalue weighted by molar-refractivity contribution is 5.95. The summed E-state index contributed by atoms with van der Waals surface area (Å²) in [7, 11) is 0. The Morgan fingerprint density at radius 3 is 2.56 bits per heavy atom. The monoisotopic (exact) mass is 367 g/mol. The lowest BCUT2D eigenvalue weighted by molar-refractivity contribution is -0.136. The summed E-state index contributed by atoms with van der Waals surface area (Å²) < 4.78 is 5.62. The number of anilines is 1. The fourth-order valence-corrected chi connectivity index (χ4v) is 3.45. The molecule has 1 atom stereocenters. The van der Waals surface area contributed by atoms with Crippen molar-refractivity contribution in [3.05, 3.63) is 24.3 Å². The minimum absolute atomic E-state index is 0. The van der Waals surface area contributed by atoms with Crippen molar-refractivity contribution < 1.29 is 14.3 Å². The molecule has 0 spiro atoms. The van der Waals surface area contributed by atoms with Crippen molar-refractivity contribution in [3.63, 3.8) is 0 Å². The van der Waals surface area contributed by atoms with Gasteiger partial charge in [-0.15, -0.1) is 12.4 Å². The summed E-state index contributed by atoms with van der Waals surface area (Å²) in [4.78, 5) is 27.7. The highest BCUT2D eigenvalue weighted by Gasteiger charge is 2.26. The summed E-state index contributed by atoms with van der Waals surface area (Å²) in [6, 6.07) is 7.49. The van der Waals surface area contributed by atoms with Crippen molar-refractivity contribution in [3.8, 4) is 5.75 Å². The van der Waals surface area contributed by atoms with Crippen LogP contribution < -0.4 is 15.4 Å². The van der Waals surface area contributed by atoms with Crippen LogP contribution in [-0.4, -0.2) is 49.0 Å². The molecule has 0 radical (unpaired) electrons. The predicted molar refractivity (Wildman–Crippen MR) is 99.2 cm³/mol. The van der Waals surface area contributed by atoms with Gasteiger partial charge in [0.1, 0.15) is 5.75 Å². The molecule has 2 aliphatic heterocycles. The summed E-state index contributed by atoms with van der Waals surface area (Å²) in [5.74, 6) is 0.792. The standard InChI is InChI=1S/C18H25N3O3.ClH/c19-12-15-4-1-2-10-21(15)18(23)13-24-16-8-6-14(7-9-16)20-11-3-5-17(20)22;/h6-9,15H,1-5,10-13,19H2;1H. The lowest BCUT2D eigenvalue weighted by atomic mass is 10.0. The number of hydrogen-bond donors (Lipinski definition) is 1. The lowest BCUT2D eigenvalue weighted by Gasteiger charge is -2.34. The largest absolute Gasteiger partial charge is 0.484 e. The number of likely N-dealkylation sites (tertiary alicyclic amines) is 1. The first-order valence-electron chi connectivity index (χ1n) is 8.72. The molecule has 1 unspecified atom stereocenters. The molecular weight excluding hydrogens is 342 g/mol. The molecule has 7 heteroatoms. The van der Waals surface area contributed by atoms with E-state index in [1.807, 2.05) is 29.2 Å². The Kier molecular flexibility index (Phi) is 7.08. The van der Waals surface area contributed by atoms with E-state index in [0.717, 1.165) is 44.5 Å². The van der Waals surface area contributed by atoms with Crippen molar-refractivity contribution in [1.29, 1.82) is 0 Å². The molecule has 3 rings (SSSR count). The number of amides is 2. The van der Waals surface area contributed by atoms with Crippen molar-refractivity contribution >= 4 is 29.9 Å². The number of carbonyl (C=O) groups is 2. The van der Waals surface area contributed by atoms with Gasteiger partial charge in [0, 0.05) is 37.8 Å². The first kappa shape index (κ1) is 19.5. The van der Waals surface area contributed by atoms with Gasteiger partial charge in [-0.3, -0.25) is 9.59 Å². The van der Waals surface area contributed by atoms with Crippen molar-refractivity contribution in [2.24, 2.45) is 5.73 Å². The number of benzene rings is 1. The number of nitrogens with two attached hydrogens (primary N) is 1. The van der Waals surface area contributed by atoms with Gasteiger partial charge in [-0.2, -0.15) is 0 Å². The second kappa shape index (κ2) is 9.06. The number of ether oxygens (including phenoxy) is 1. The zero-order chi connectivity index (χ0) is 16.9. The number of hydrogen-bond acceptors (Lipinski definition) is 4. The summed E-state index contributed by atoms with van der Waals surface area (Å²) >= 11 is 0. The number of piperidine rings is 1. The maximum atomic E-state index is 12.4. The number of nitrogens with zero attached hydrogens (tertiary/aromatic N) is 2. The van der Waals surface area contributed by atoms with Crippen LogP contribution in [0.1, 0.15) is 32.1 Å². The molecule has 2 heterocycles. The molecule has 0 aromatic heterocycles. The van der Waals surface area contributed by atoms with Crippen molar-refractivity contribution in [2.45, 2.75) is 38.1 Å². The summed E-state index contributed by atoms with van der Waals surface area (Å²) in [5, 5.41) is 0. The van der Waals surface area contributed by atoms with Gasteiger partial charge >= 0.3 is 0 Å². The fourth-order valence-electron chi connectivity index (χ4n) is 3.45. The van der Waals surface area contributed by atoms with E-state index in [4.69, 9.17) is 10.5 Å². The molecule has 0 aliphatic carbocycles. The first-order chi connectivity index (χ1) is 11.7. The Bertz CT molecular complexity index is 594. The summed E-state index contributed by atoms with van der Waals surface area (Å²) in [6.07, 6.45) is 4.65. The maximum absolute atomic E-state index is 12.4. The van der Waals surface area contributed by atoms with E-state index in [0.29, 0.717) is 18.7 Å². The van der Waals surface area contributed by atoms with Crippen LogP contribution in [-0.2, 0) is 9.59 Å². The molecular formula is C18H26ClN3O3. The Balaban J connectivity index is 0.00000225. The molecule has 138 valence electrons. The average molecular weight is 368 g/mol. The van der Waals surface area contributed by atoms with Gasteiger partial charge in [-0.1, -0.05) is 0 Å². The molecule has 1 aromatic carbocycles. The molecule has 2 saturated heterocycles. The minimum Gasteiger partial charge on any atom is -0.484 e. The third-order valence-corrected chi connectivity index (χ3v) is 4.80. The quantitative estimate of drug-likeness (QED) is 0.863. The van der Waals surface area contributed by atoms with Gasteiger partial charge < -0.3 is 20.3 Å². The van der Waals surface area contributed by atoms with E-state index in [1.54, 1.807) is 4.90 Å². The lowest BCUT2D eigenvalue weighted by Crippen LogP contribution is -2.49. The minimum atomic E-state index is -0.0102. The Morgan fingerprint density at radius 1 is 1.16 bits per heavy atom. The molecule has 1 aromatic rings. The van der Waals surface area contributed by atoms with Crippen LogP contribution in [0.4, 0.5) is 5.69 Å². The molecule has 2 fully saturated rings. The van der Waals surface area contributed by atoms with Crippen LogP contribution in [0.5, 0.6) is 5.75 Å². The SMILES string of the molecule is Cl.NCC1CCCCN1C(=O)COc1ccc(N2CCCC2=O)cc1. The highest BCUT2D eigenvalue weighted by atomic mass is 35.5. The number of rotatable bonds is 5. The van der Waals surface area contributed by atoms with Gasteiger partial charge in [-0.05, 0) is 49.9 Å². The molecule has 2 N–H and O–H groups in total. The van der Waals surface area contributed by atoms with E-state index >= 15 is 0 Å². The van der Waals surface area contributed by atoms with Gasteiger partial charge in [0.2, 0.25) is 5.91 Å². The zero-order valence-corrected chi connectivity index (χ0v) is 15.2. The van der Waals surface area contributed by atoms with Gasteiger partial charge in [-0.25, -0.2) is 0 Å². The van der Waals surface area contributed by atoms with E-state index < -0.39 is 0 Å². The van der Waals surface area contributed by atoms with Crippen molar-refractivity contribution in [1.82, 2.24) is 4.90 Å². The normalized spacial score (nSPS) is 20.4. The second-order valence-corrected chi connectivity index (χ2v) is 6.40. The smallest absolute Gasteiger partial charge is 0.260 e. The summed E-state index contributed by atoms with van der Waals surface area (Å²) in [5.41, 5.74) is 6.64. The fraction of sp³-hybridized carbons (Fsp3) is 0.556. The zero-order valence-electron chi connectivity index (χ0n) is 14.4. The van der Waals surface area contributed by atoms with Gasteiger partial charge in [0.25, 0.3) is 5.91 Å². The van der Waals surface area contributed by atoms with E-state index in [2.05, 4.69) is 0 Å². The molecule has 6 nitrogen and oxygen atoms in total. The topological polar surface area (TPSA) is 75.9 Å². The molecule has 0 bridgehead atoms. The maximum Gasteiger partial charge on any atom is 0.260 e. The van der Waals surface area contributed by atoms with E-state index in [-0.39, 0.29) is 36.9 Å². The predicted octanol–water partition coefficient (Wildman–Crippen LogP) is 1.95. The highest BCUT2D eigenvalue weighted by Crippen LogP contribution is 2.24. The molecule has 0 saturated carbocycles. The molecule has 2 amide bonds. The molecule has 25 heavy (non-hydrogen) atoms. The first-order valence-corrected chi connectivity index (χ1v) is 8.72. The van der Waals surface area contributed by atoms with Gasteiger partial charge in [0.15, 0.2) is 6.61 Å². The van der Waals surface area contributed by atoms with Crippen molar-refractivity contribution in [2.75, 3.05) is 31.1 Å². The van der Waals surface area contributed by atoms with Crippen LogP contribution in [0, 0.1) is 0 Å². The Hall–Kier alpha value is -1.79. The number of carbonyl (C=O) groups excluding carboxylic acids is 2. The van der Waals surface area contributed by atoms with Crippen LogP contribution in [0.15, 0.2) is 24.3 Å². The van der Waals surface area contributed by atoms with Crippen LogP contribution in [0.3, 0.4) is 0 Å². The van der Waals surface area contributed by atoms with E-state index in [1.165, 1.54) is 0 Å². The van der Waals surface area contributed by atoms with Crippen LogP contribution >= 0.6 is 12.4 Å².